The number of carbonyl (C=O) groups is 1. The van der Waals surface area contributed by atoms with Gasteiger partial charge in [-0.05, 0) is 23.7 Å². The van der Waals surface area contributed by atoms with E-state index in [0.29, 0.717) is 16.7 Å². The first kappa shape index (κ1) is 17.2. The van der Waals surface area contributed by atoms with Gasteiger partial charge in [0.15, 0.2) is 23.3 Å². The van der Waals surface area contributed by atoms with Crippen LogP contribution in [0.2, 0.25) is 10.4 Å². The summed E-state index contributed by atoms with van der Waals surface area (Å²) in [6.07, 6.45) is 0.328. The Bertz CT molecular complexity index is 950. The summed E-state index contributed by atoms with van der Waals surface area (Å²) in [7, 11) is 0. The Kier molecular flexibility index (Phi) is 4.73. The summed E-state index contributed by atoms with van der Waals surface area (Å²) in [5, 5.41) is 0.169. The van der Waals surface area contributed by atoms with Gasteiger partial charge in [-0.25, -0.2) is 14.8 Å². The third-order valence-corrected chi connectivity index (χ3v) is 4.19. The molecule has 3 heterocycles. The maximum Gasteiger partial charge on any atom is 0.338 e. The van der Waals surface area contributed by atoms with Crippen molar-refractivity contribution in [1.29, 1.82) is 0 Å². The molecule has 1 fully saturated rings. The fourth-order valence-electron chi connectivity index (χ4n) is 2.55. The first-order valence-electron chi connectivity index (χ1n) is 7.66. The first-order valence-corrected chi connectivity index (χ1v) is 8.42. The highest BCUT2D eigenvalue weighted by Gasteiger charge is 2.30. The summed E-state index contributed by atoms with van der Waals surface area (Å²) >= 11 is 11.9. The molecule has 10 heteroatoms. The standard InChI is InChI=1S/C16H12Cl2N4O4/c17-13-12-14(21-16(18)20-13)22(8-19-12)10-6-24-11(26-10)7-25-15(23)9-4-2-1-3-5-9/h1-5,8,10-11H,6-7H2/t10-,11+/m1/s1. The second kappa shape index (κ2) is 7.16. The molecule has 0 N–H and O–H groups in total. The Labute approximate surface area is 157 Å². The highest BCUT2D eigenvalue weighted by atomic mass is 35.5. The van der Waals surface area contributed by atoms with Crippen molar-refractivity contribution >= 4 is 40.3 Å². The molecule has 2 atom stereocenters. The van der Waals surface area contributed by atoms with Crippen molar-refractivity contribution in [2.24, 2.45) is 0 Å². The number of imidazole rings is 1. The van der Waals surface area contributed by atoms with Crippen LogP contribution in [0.4, 0.5) is 0 Å². The predicted molar refractivity (Wildman–Crippen MR) is 91.9 cm³/mol. The van der Waals surface area contributed by atoms with E-state index in [1.807, 2.05) is 6.07 Å². The van der Waals surface area contributed by atoms with Gasteiger partial charge in [0.25, 0.3) is 0 Å². The average Bonchev–Trinajstić information content (AvgIpc) is 3.27. The predicted octanol–water partition coefficient (Wildman–Crippen LogP) is 2.86. The number of aromatic nitrogens is 4. The van der Waals surface area contributed by atoms with Crippen molar-refractivity contribution in [2.45, 2.75) is 12.5 Å². The van der Waals surface area contributed by atoms with E-state index in [2.05, 4.69) is 15.0 Å². The van der Waals surface area contributed by atoms with Crippen molar-refractivity contribution in [2.75, 3.05) is 13.2 Å². The number of halogens is 2. The fraction of sp³-hybridized carbons (Fsp3) is 0.250. The quantitative estimate of drug-likeness (QED) is 0.381. The third-order valence-electron chi connectivity index (χ3n) is 3.76. The zero-order chi connectivity index (χ0) is 18.1. The van der Waals surface area contributed by atoms with Crippen LogP contribution in [-0.4, -0.2) is 45.0 Å². The first-order chi connectivity index (χ1) is 12.6. The number of ether oxygens (including phenoxy) is 3. The topological polar surface area (TPSA) is 88.4 Å². The van der Waals surface area contributed by atoms with E-state index in [1.165, 1.54) is 6.33 Å². The zero-order valence-electron chi connectivity index (χ0n) is 13.2. The van der Waals surface area contributed by atoms with Crippen molar-refractivity contribution in [1.82, 2.24) is 19.5 Å². The number of benzene rings is 1. The Morgan fingerprint density at radius 1 is 1.27 bits per heavy atom. The van der Waals surface area contributed by atoms with E-state index < -0.39 is 18.5 Å². The van der Waals surface area contributed by atoms with Gasteiger partial charge in [0.05, 0.1) is 18.5 Å². The molecule has 1 aliphatic rings. The van der Waals surface area contributed by atoms with E-state index in [0.717, 1.165) is 0 Å². The Morgan fingerprint density at radius 3 is 2.88 bits per heavy atom. The second-order valence-electron chi connectivity index (χ2n) is 5.43. The normalized spacial score (nSPS) is 19.8. The van der Waals surface area contributed by atoms with Crippen LogP contribution >= 0.6 is 23.2 Å². The maximum atomic E-state index is 12.0. The summed E-state index contributed by atoms with van der Waals surface area (Å²) in [5.41, 5.74) is 1.31. The molecule has 3 aromatic rings. The van der Waals surface area contributed by atoms with Crippen molar-refractivity contribution in [3.05, 3.63) is 52.7 Å². The molecule has 4 rings (SSSR count). The number of hydrogen-bond donors (Lipinski definition) is 0. The number of carbonyl (C=O) groups excluding carboxylic acids is 1. The average molecular weight is 395 g/mol. The molecule has 1 aromatic carbocycles. The fourth-order valence-corrected chi connectivity index (χ4v) is 2.97. The Hall–Kier alpha value is -2.26. The van der Waals surface area contributed by atoms with Crippen LogP contribution < -0.4 is 0 Å². The van der Waals surface area contributed by atoms with E-state index in [-0.39, 0.29) is 23.7 Å². The van der Waals surface area contributed by atoms with Crippen molar-refractivity contribution in [3.8, 4) is 0 Å². The highest BCUT2D eigenvalue weighted by molar-refractivity contribution is 6.35. The summed E-state index contributed by atoms with van der Waals surface area (Å²) in [4.78, 5) is 24.1. The molecule has 1 saturated heterocycles. The Morgan fingerprint density at radius 2 is 2.08 bits per heavy atom. The molecular weight excluding hydrogens is 383 g/mol. The molecular formula is C16H12Cl2N4O4. The number of esters is 1. The SMILES string of the molecule is O=C(OC[C@H]1OC[C@H](n2cnc3c(Cl)nc(Cl)nc32)O1)c1ccccc1. The van der Waals surface area contributed by atoms with Gasteiger partial charge in [-0.15, -0.1) is 0 Å². The van der Waals surface area contributed by atoms with Crippen molar-refractivity contribution in [3.63, 3.8) is 0 Å². The van der Waals surface area contributed by atoms with E-state index in [4.69, 9.17) is 37.4 Å². The van der Waals surface area contributed by atoms with Crippen LogP contribution in [0.15, 0.2) is 36.7 Å². The summed E-state index contributed by atoms with van der Waals surface area (Å²) in [5.74, 6) is -0.444. The van der Waals surface area contributed by atoms with Gasteiger partial charge < -0.3 is 14.2 Å². The minimum absolute atomic E-state index is 0.0107. The van der Waals surface area contributed by atoms with Gasteiger partial charge >= 0.3 is 5.97 Å². The molecule has 0 radical (unpaired) electrons. The second-order valence-corrected chi connectivity index (χ2v) is 6.12. The van der Waals surface area contributed by atoms with Crippen LogP contribution in [0.5, 0.6) is 0 Å². The highest BCUT2D eigenvalue weighted by Crippen LogP contribution is 2.27. The minimum Gasteiger partial charge on any atom is -0.457 e. The van der Waals surface area contributed by atoms with Crippen LogP contribution in [0.1, 0.15) is 16.6 Å². The third kappa shape index (κ3) is 3.36. The molecule has 0 bridgehead atoms. The maximum absolute atomic E-state index is 12.0. The van der Waals surface area contributed by atoms with Gasteiger partial charge in [0.2, 0.25) is 5.28 Å². The van der Waals surface area contributed by atoms with Gasteiger partial charge in [-0.3, -0.25) is 4.57 Å². The van der Waals surface area contributed by atoms with Gasteiger partial charge in [-0.2, -0.15) is 4.98 Å². The van der Waals surface area contributed by atoms with Crippen LogP contribution in [0.3, 0.4) is 0 Å². The minimum atomic E-state index is -0.696. The monoisotopic (exact) mass is 394 g/mol. The zero-order valence-corrected chi connectivity index (χ0v) is 14.7. The summed E-state index contributed by atoms with van der Waals surface area (Å²) in [6, 6.07) is 8.69. The van der Waals surface area contributed by atoms with Crippen molar-refractivity contribution < 1.29 is 19.0 Å². The molecule has 26 heavy (non-hydrogen) atoms. The lowest BCUT2D eigenvalue weighted by atomic mass is 10.2. The number of fused-ring (bicyclic) bond motifs is 1. The molecule has 0 amide bonds. The van der Waals surface area contributed by atoms with Crippen LogP contribution in [-0.2, 0) is 14.2 Å². The molecule has 2 aromatic heterocycles. The molecule has 0 aliphatic carbocycles. The molecule has 1 aliphatic heterocycles. The van der Waals surface area contributed by atoms with E-state index >= 15 is 0 Å². The number of hydrogen-bond acceptors (Lipinski definition) is 7. The molecule has 0 spiro atoms. The summed E-state index contributed by atoms with van der Waals surface area (Å²) < 4.78 is 18.2. The molecule has 0 unspecified atom stereocenters. The number of nitrogens with zero attached hydrogens (tertiary/aromatic N) is 4. The Balaban J connectivity index is 1.42. The number of rotatable bonds is 4. The van der Waals surface area contributed by atoms with Gasteiger partial charge in [0, 0.05) is 0 Å². The summed E-state index contributed by atoms with van der Waals surface area (Å²) in [6.45, 7) is 0.200. The van der Waals surface area contributed by atoms with Gasteiger partial charge in [-0.1, -0.05) is 29.8 Å². The molecule has 0 saturated carbocycles. The molecule has 134 valence electrons. The lowest BCUT2D eigenvalue weighted by Gasteiger charge is -2.13. The lowest BCUT2D eigenvalue weighted by Crippen LogP contribution is -2.20. The smallest absolute Gasteiger partial charge is 0.338 e. The van der Waals surface area contributed by atoms with Crippen LogP contribution in [0.25, 0.3) is 11.2 Å². The van der Waals surface area contributed by atoms with E-state index in [1.54, 1.807) is 28.8 Å². The molecule has 8 nitrogen and oxygen atoms in total. The van der Waals surface area contributed by atoms with Crippen LogP contribution in [0, 0.1) is 0 Å². The van der Waals surface area contributed by atoms with E-state index in [9.17, 15) is 4.79 Å². The lowest BCUT2D eigenvalue weighted by molar-refractivity contribution is -0.102. The largest absolute Gasteiger partial charge is 0.457 e. The van der Waals surface area contributed by atoms with Gasteiger partial charge in [0.1, 0.15) is 12.1 Å².